The van der Waals surface area contributed by atoms with Crippen LogP contribution in [0.2, 0.25) is 0 Å². The summed E-state index contributed by atoms with van der Waals surface area (Å²) in [7, 11) is 0. The molecule has 0 radical (unpaired) electrons. The van der Waals surface area contributed by atoms with E-state index in [4.69, 9.17) is 16.8 Å². The van der Waals surface area contributed by atoms with E-state index in [0.29, 0.717) is 23.3 Å². The minimum absolute atomic E-state index is 0.0944. The van der Waals surface area contributed by atoms with E-state index >= 15 is 0 Å². The van der Waals surface area contributed by atoms with E-state index in [1.807, 2.05) is 24.3 Å². The van der Waals surface area contributed by atoms with Gasteiger partial charge in [-0.05, 0) is 17.2 Å². The molecule has 1 aromatic heterocycles. The van der Waals surface area contributed by atoms with Crippen molar-refractivity contribution in [2.75, 3.05) is 0 Å². The van der Waals surface area contributed by atoms with E-state index in [2.05, 4.69) is 5.10 Å². The van der Waals surface area contributed by atoms with Crippen LogP contribution < -0.4 is 10.8 Å². The molecule has 114 valence electrons. The molecule has 0 fully saturated rings. The maximum Gasteiger partial charge on any atom is 0.272 e. The molecule has 0 saturated carbocycles. The minimum atomic E-state index is -1.05. The number of aromatic amines is 1. The highest BCUT2D eigenvalue weighted by Gasteiger charge is 2.11. The largest absolute Gasteiger partial charge is 0.595 e. The Morgan fingerprint density at radius 1 is 1.23 bits per heavy atom. The molecule has 1 unspecified atom stereocenters. The first-order chi connectivity index (χ1) is 10.6. The molecular weight excluding hydrogens is 306 g/mol. The van der Waals surface area contributed by atoms with Crippen LogP contribution in [-0.4, -0.2) is 15.0 Å². The maximum absolute atomic E-state index is 12.0. The van der Waals surface area contributed by atoms with Gasteiger partial charge in [-0.25, -0.2) is 5.21 Å². The SMILES string of the molecule is O=c1[nH]n(Cc2ccccc2CCl)c2ccc([NH+]([O-])O)cc12. The molecule has 2 aromatic carbocycles. The van der Waals surface area contributed by atoms with Gasteiger partial charge in [-0.2, -0.15) is 5.23 Å². The molecule has 1 atom stereocenters. The van der Waals surface area contributed by atoms with Crippen molar-refractivity contribution in [1.29, 1.82) is 0 Å². The normalized spacial score (nSPS) is 12.7. The fraction of sp³-hybridized carbons (Fsp3) is 0.133. The third-order valence-electron chi connectivity index (χ3n) is 3.61. The van der Waals surface area contributed by atoms with Gasteiger partial charge in [-0.1, -0.05) is 24.3 Å². The summed E-state index contributed by atoms with van der Waals surface area (Å²) in [5.74, 6) is 0.392. The Morgan fingerprint density at radius 3 is 2.64 bits per heavy atom. The average Bonchev–Trinajstić information content (AvgIpc) is 2.83. The standard InChI is InChI=1S/C15H14ClN3O3/c16-8-10-3-1-2-4-11(10)9-18-14-6-5-12(19(21)22)7-13(14)15(20)17-18/h1-7,19,21H,8-9H2,(H,17,20). The second-order valence-electron chi connectivity index (χ2n) is 4.97. The number of hydrogen-bond donors (Lipinski definition) is 3. The molecule has 7 heteroatoms. The molecule has 6 nitrogen and oxygen atoms in total. The number of benzene rings is 2. The van der Waals surface area contributed by atoms with Crippen molar-refractivity contribution < 1.29 is 10.4 Å². The Bertz CT molecular complexity index is 870. The quantitative estimate of drug-likeness (QED) is 0.503. The molecule has 3 aromatic rings. The summed E-state index contributed by atoms with van der Waals surface area (Å²) in [6.07, 6.45) is 0. The number of H-pyrrole nitrogens is 1. The van der Waals surface area contributed by atoms with E-state index in [0.717, 1.165) is 11.1 Å². The summed E-state index contributed by atoms with van der Waals surface area (Å²) < 4.78 is 1.70. The van der Waals surface area contributed by atoms with Crippen LogP contribution in [0.1, 0.15) is 11.1 Å². The molecular formula is C15H14ClN3O3. The summed E-state index contributed by atoms with van der Waals surface area (Å²) in [5, 5.41) is 22.1. The van der Waals surface area contributed by atoms with Gasteiger partial charge in [-0.3, -0.25) is 14.6 Å². The van der Waals surface area contributed by atoms with E-state index in [1.54, 1.807) is 10.7 Å². The second kappa shape index (κ2) is 5.94. The van der Waals surface area contributed by atoms with Crippen molar-refractivity contribution >= 4 is 28.2 Å². The summed E-state index contributed by atoms with van der Waals surface area (Å²) >= 11 is 5.93. The first kappa shape index (κ1) is 14.8. The predicted molar refractivity (Wildman–Crippen MR) is 83.4 cm³/mol. The Kier molecular flexibility index (Phi) is 4.00. The number of fused-ring (bicyclic) bond motifs is 1. The highest BCUT2D eigenvalue weighted by atomic mass is 35.5. The molecule has 3 N–H and O–H groups in total. The molecule has 3 rings (SSSR count). The van der Waals surface area contributed by atoms with Gasteiger partial charge in [0.1, 0.15) is 0 Å². The average molecular weight is 320 g/mol. The smallest absolute Gasteiger partial charge is 0.272 e. The lowest BCUT2D eigenvalue weighted by atomic mass is 10.1. The first-order valence-electron chi connectivity index (χ1n) is 6.69. The zero-order valence-corrected chi connectivity index (χ0v) is 12.3. The van der Waals surface area contributed by atoms with E-state index in [-0.39, 0.29) is 11.2 Å². The van der Waals surface area contributed by atoms with Gasteiger partial charge in [0.15, 0.2) is 5.69 Å². The van der Waals surface area contributed by atoms with E-state index in [1.165, 1.54) is 12.1 Å². The van der Waals surface area contributed by atoms with Gasteiger partial charge in [0.05, 0.1) is 17.4 Å². The van der Waals surface area contributed by atoms with Crippen molar-refractivity contribution in [1.82, 2.24) is 9.78 Å². The molecule has 1 heterocycles. The highest BCUT2D eigenvalue weighted by molar-refractivity contribution is 6.17. The fourth-order valence-electron chi connectivity index (χ4n) is 2.47. The number of rotatable bonds is 4. The monoisotopic (exact) mass is 319 g/mol. The van der Waals surface area contributed by atoms with E-state index in [9.17, 15) is 10.0 Å². The van der Waals surface area contributed by atoms with Crippen molar-refractivity contribution in [3.8, 4) is 0 Å². The van der Waals surface area contributed by atoms with Crippen LogP contribution >= 0.6 is 11.6 Å². The number of alkyl halides is 1. The number of nitrogens with one attached hydrogen (secondary N) is 2. The number of quaternary nitrogens is 1. The third-order valence-corrected chi connectivity index (χ3v) is 3.89. The summed E-state index contributed by atoms with van der Waals surface area (Å²) in [6, 6.07) is 12.2. The molecule has 0 aliphatic carbocycles. The molecule has 22 heavy (non-hydrogen) atoms. The Hall–Kier alpha value is -2.12. The Balaban J connectivity index is 2.07. The van der Waals surface area contributed by atoms with Gasteiger partial charge < -0.3 is 5.21 Å². The van der Waals surface area contributed by atoms with Crippen LogP contribution in [0.4, 0.5) is 5.69 Å². The molecule has 0 bridgehead atoms. The summed E-state index contributed by atoms with van der Waals surface area (Å²) in [5.41, 5.74) is 2.46. The molecule has 0 amide bonds. The van der Waals surface area contributed by atoms with Gasteiger partial charge in [0, 0.05) is 18.0 Å². The van der Waals surface area contributed by atoms with E-state index < -0.39 is 5.23 Å². The van der Waals surface area contributed by atoms with Crippen LogP contribution in [-0.2, 0) is 12.4 Å². The van der Waals surface area contributed by atoms with Crippen molar-refractivity contribution in [2.24, 2.45) is 0 Å². The lowest BCUT2D eigenvalue weighted by Gasteiger charge is -2.11. The zero-order valence-electron chi connectivity index (χ0n) is 11.5. The number of nitrogens with zero attached hydrogens (tertiary/aromatic N) is 1. The van der Waals surface area contributed by atoms with Crippen LogP contribution in [0, 0.1) is 5.21 Å². The Labute approximate surface area is 130 Å². The molecule has 0 spiro atoms. The van der Waals surface area contributed by atoms with Gasteiger partial charge in [0.25, 0.3) is 5.56 Å². The molecule has 0 aliphatic heterocycles. The van der Waals surface area contributed by atoms with Gasteiger partial charge in [0.2, 0.25) is 0 Å². The number of hydrogen-bond acceptors (Lipinski definition) is 3. The van der Waals surface area contributed by atoms with Crippen LogP contribution in [0.3, 0.4) is 0 Å². The number of halogens is 1. The van der Waals surface area contributed by atoms with Crippen molar-refractivity contribution in [3.63, 3.8) is 0 Å². The van der Waals surface area contributed by atoms with Crippen LogP contribution in [0.5, 0.6) is 0 Å². The fourth-order valence-corrected chi connectivity index (χ4v) is 2.73. The number of aromatic nitrogens is 2. The van der Waals surface area contributed by atoms with Gasteiger partial charge >= 0.3 is 0 Å². The van der Waals surface area contributed by atoms with Crippen molar-refractivity contribution in [3.05, 3.63) is 69.2 Å². The van der Waals surface area contributed by atoms with Crippen LogP contribution in [0.25, 0.3) is 10.9 Å². The summed E-state index contributed by atoms with van der Waals surface area (Å²) in [6.45, 7) is 0.466. The van der Waals surface area contributed by atoms with Crippen LogP contribution in [0.15, 0.2) is 47.3 Å². The van der Waals surface area contributed by atoms with Gasteiger partial charge in [-0.15, -0.1) is 11.6 Å². The predicted octanol–water partition coefficient (Wildman–Crippen LogP) is 1.52. The summed E-state index contributed by atoms with van der Waals surface area (Å²) in [4.78, 5) is 12.0. The third kappa shape index (κ3) is 2.65. The molecule has 0 aliphatic rings. The maximum atomic E-state index is 12.0. The highest BCUT2D eigenvalue weighted by Crippen LogP contribution is 2.17. The Morgan fingerprint density at radius 2 is 1.95 bits per heavy atom. The second-order valence-corrected chi connectivity index (χ2v) is 5.23. The zero-order chi connectivity index (χ0) is 15.7. The first-order valence-corrected chi connectivity index (χ1v) is 7.22. The lowest BCUT2D eigenvalue weighted by molar-refractivity contribution is -0.991. The van der Waals surface area contributed by atoms with Crippen molar-refractivity contribution in [2.45, 2.75) is 12.4 Å². The lowest BCUT2D eigenvalue weighted by Crippen LogP contribution is -2.99. The topological polar surface area (TPSA) is 85.5 Å². The minimum Gasteiger partial charge on any atom is -0.595 e. The molecule has 0 saturated heterocycles.